The summed E-state index contributed by atoms with van der Waals surface area (Å²) in [5, 5.41) is 9.82. The van der Waals surface area contributed by atoms with Crippen LogP contribution in [0.4, 0.5) is 0 Å². The third-order valence-electron chi connectivity index (χ3n) is 7.40. The van der Waals surface area contributed by atoms with Gasteiger partial charge in [0.15, 0.2) is 0 Å². The van der Waals surface area contributed by atoms with Crippen molar-refractivity contribution < 1.29 is 4.74 Å². The van der Waals surface area contributed by atoms with Crippen LogP contribution in [-0.2, 0) is 0 Å². The van der Waals surface area contributed by atoms with E-state index in [1.165, 1.54) is 50.5 Å². The topological polar surface area (TPSA) is 33.0 Å². The number of hydrogen-bond donors (Lipinski definition) is 0. The Bertz CT molecular complexity index is 634. The normalized spacial score (nSPS) is 22.3. The van der Waals surface area contributed by atoms with Gasteiger partial charge in [-0.1, -0.05) is 84.8 Å². The van der Waals surface area contributed by atoms with Crippen LogP contribution in [-0.4, -0.2) is 6.61 Å². The van der Waals surface area contributed by atoms with Gasteiger partial charge in [0.2, 0.25) is 0 Å². The number of hydrogen-bond acceptors (Lipinski definition) is 2. The molecule has 0 spiro atoms. The van der Waals surface area contributed by atoms with Gasteiger partial charge in [0.05, 0.1) is 18.1 Å². The highest BCUT2D eigenvalue weighted by Crippen LogP contribution is 2.45. The van der Waals surface area contributed by atoms with Gasteiger partial charge in [0.1, 0.15) is 5.75 Å². The number of ether oxygens (including phenoxy) is 1. The molecule has 0 bridgehead atoms. The molecule has 1 unspecified atom stereocenters. The molecule has 2 nitrogen and oxygen atoms in total. The first-order valence-electron chi connectivity index (χ1n) is 13.1. The summed E-state index contributed by atoms with van der Waals surface area (Å²) in [6, 6.07) is 11.5. The summed E-state index contributed by atoms with van der Waals surface area (Å²) < 4.78 is 6.02. The SMILES string of the molecule is CCCCCCC1(C#N)CCC(c2ccc(OCCC(C)CCCC(C)C)cc2)CC1. The maximum absolute atomic E-state index is 9.82. The lowest BCUT2D eigenvalue weighted by atomic mass is 9.67. The first-order valence-corrected chi connectivity index (χ1v) is 13.1. The molecule has 0 amide bonds. The van der Waals surface area contributed by atoms with Crippen LogP contribution in [0.1, 0.15) is 123 Å². The highest BCUT2D eigenvalue weighted by Gasteiger charge is 2.35. The summed E-state index contributed by atoms with van der Waals surface area (Å²) >= 11 is 0. The number of nitrogens with zero attached hydrogens (tertiary/aromatic N) is 1. The molecule has 1 aromatic carbocycles. The Hall–Kier alpha value is -1.49. The van der Waals surface area contributed by atoms with Crippen molar-refractivity contribution in [1.29, 1.82) is 5.26 Å². The quantitative estimate of drug-likeness (QED) is 0.278. The fourth-order valence-corrected chi connectivity index (χ4v) is 5.04. The van der Waals surface area contributed by atoms with E-state index in [0.29, 0.717) is 5.92 Å². The maximum Gasteiger partial charge on any atom is 0.119 e. The molecule has 0 saturated heterocycles. The van der Waals surface area contributed by atoms with Crippen LogP contribution in [0.25, 0.3) is 0 Å². The second-order valence-electron chi connectivity index (χ2n) is 10.6. The summed E-state index contributed by atoms with van der Waals surface area (Å²) in [5.74, 6) is 3.15. The van der Waals surface area contributed by atoms with Crippen LogP contribution in [0.15, 0.2) is 24.3 Å². The zero-order valence-corrected chi connectivity index (χ0v) is 20.8. The van der Waals surface area contributed by atoms with Gasteiger partial charge in [0.25, 0.3) is 0 Å². The summed E-state index contributed by atoms with van der Waals surface area (Å²) in [6.07, 6.45) is 15.7. The largest absolute Gasteiger partial charge is 0.494 e. The van der Waals surface area contributed by atoms with E-state index in [1.54, 1.807) is 0 Å². The highest BCUT2D eigenvalue weighted by molar-refractivity contribution is 5.30. The van der Waals surface area contributed by atoms with Gasteiger partial charge in [-0.25, -0.2) is 0 Å². The van der Waals surface area contributed by atoms with Gasteiger partial charge in [0, 0.05) is 0 Å². The first-order chi connectivity index (χ1) is 15.0. The fraction of sp³-hybridized carbons (Fsp3) is 0.759. The standard InChI is InChI=1S/C29H47NO/c1-5-6-7-8-19-29(23-30)20-16-27(17-21-29)26-12-14-28(15-13-26)31-22-18-25(4)11-9-10-24(2)3/h12-15,24-25,27H,5-11,16-22H2,1-4H3. The minimum absolute atomic E-state index is 0.0564. The van der Waals surface area contributed by atoms with E-state index in [1.807, 2.05) is 0 Å². The highest BCUT2D eigenvalue weighted by atomic mass is 16.5. The van der Waals surface area contributed by atoms with Crippen LogP contribution in [0.3, 0.4) is 0 Å². The van der Waals surface area contributed by atoms with E-state index in [9.17, 15) is 5.26 Å². The van der Waals surface area contributed by atoms with Crippen molar-refractivity contribution in [2.75, 3.05) is 6.61 Å². The van der Waals surface area contributed by atoms with Crippen LogP contribution in [0, 0.1) is 28.6 Å². The van der Waals surface area contributed by atoms with Gasteiger partial charge in [-0.15, -0.1) is 0 Å². The predicted molar refractivity (Wildman–Crippen MR) is 132 cm³/mol. The second kappa shape index (κ2) is 13.8. The predicted octanol–water partition coefficient (Wildman–Crippen LogP) is 9.06. The molecule has 31 heavy (non-hydrogen) atoms. The molecule has 174 valence electrons. The van der Waals surface area contributed by atoms with Crippen molar-refractivity contribution in [2.45, 2.75) is 117 Å². The Morgan fingerprint density at radius 1 is 0.968 bits per heavy atom. The number of nitriles is 1. The Labute approximate surface area is 192 Å². The molecule has 1 fully saturated rings. The Morgan fingerprint density at radius 3 is 2.29 bits per heavy atom. The molecule has 0 heterocycles. The van der Waals surface area contributed by atoms with Crippen molar-refractivity contribution in [3.63, 3.8) is 0 Å². The van der Waals surface area contributed by atoms with Crippen molar-refractivity contribution in [3.05, 3.63) is 29.8 Å². The van der Waals surface area contributed by atoms with Crippen molar-refractivity contribution in [2.24, 2.45) is 17.3 Å². The van der Waals surface area contributed by atoms with E-state index in [-0.39, 0.29) is 5.41 Å². The Morgan fingerprint density at radius 2 is 1.68 bits per heavy atom. The summed E-state index contributed by atoms with van der Waals surface area (Å²) in [4.78, 5) is 0. The molecule has 1 aliphatic carbocycles. The van der Waals surface area contributed by atoms with Crippen LogP contribution < -0.4 is 4.74 Å². The molecule has 1 saturated carbocycles. The molecule has 0 N–H and O–H groups in total. The minimum atomic E-state index is -0.0564. The van der Waals surface area contributed by atoms with Gasteiger partial charge >= 0.3 is 0 Å². The molecular weight excluding hydrogens is 378 g/mol. The third kappa shape index (κ3) is 9.26. The molecule has 0 aromatic heterocycles. The monoisotopic (exact) mass is 425 g/mol. The first kappa shape index (κ1) is 25.8. The molecule has 1 aliphatic rings. The van der Waals surface area contributed by atoms with Crippen molar-refractivity contribution >= 4 is 0 Å². The number of benzene rings is 1. The number of rotatable bonds is 14. The zero-order valence-electron chi connectivity index (χ0n) is 20.8. The minimum Gasteiger partial charge on any atom is -0.494 e. The van der Waals surface area contributed by atoms with Crippen molar-refractivity contribution in [1.82, 2.24) is 0 Å². The van der Waals surface area contributed by atoms with Crippen LogP contribution in [0.5, 0.6) is 5.75 Å². The lowest BCUT2D eigenvalue weighted by molar-refractivity contribution is 0.223. The molecule has 0 radical (unpaired) electrons. The summed E-state index contributed by atoms with van der Waals surface area (Å²) in [6.45, 7) is 10.0. The van der Waals surface area contributed by atoms with E-state index in [4.69, 9.17) is 4.74 Å². The fourth-order valence-electron chi connectivity index (χ4n) is 5.04. The second-order valence-corrected chi connectivity index (χ2v) is 10.6. The molecular formula is C29H47NO. The summed E-state index contributed by atoms with van der Waals surface area (Å²) in [5.41, 5.74) is 1.37. The van der Waals surface area contributed by atoms with E-state index < -0.39 is 0 Å². The van der Waals surface area contributed by atoms with Crippen LogP contribution in [0.2, 0.25) is 0 Å². The third-order valence-corrected chi connectivity index (χ3v) is 7.40. The van der Waals surface area contributed by atoms with Gasteiger partial charge in [-0.2, -0.15) is 5.26 Å². The van der Waals surface area contributed by atoms with E-state index >= 15 is 0 Å². The van der Waals surface area contributed by atoms with Gasteiger partial charge in [-0.3, -0.25) is 0 Å². The molecule has 0 aliphatic heterocycles. The van der Waals surface area contributed by atoms with Gasteiger partial charge in [-0.05, 0) is 74.0 Å². The van der Waals surface area contributed by atoms with Gasteiger partial charge < -0.3 is 4.74 Å². The Kier molecular flexibility index (Phi) is 11.5. The van der Waals surface area contributed by atoms with E-state index in [0.717, 1.165) is 62.7 Å². The average molecular weight is 426 g/mol. The van der Waals surface area contributed by atoms with Crippen molar-refractivity contribution in [3.8, 4) is 11.8 Å². The molecule has 1 aromatic rings. The Balaban J connectivity index is 1.71. The zero-order chi connectivity index (χ0) is 22.5. The summed E-state index contributed by atoms with van der Waals surface area (Å²) in [7, 11) is 0. The molecule has 2 rings (SSSR count). The lowest BCUT2D eigenvalue weighted by Gasteiger charge is -2.35. The molecule has 1 atom stereocenters. The number of unbranched alkanes of at least 4 members (excludes halogenated alkanes) is 3. The molecule has 2 heteroatoms. The smallest absolute Gasteiger partial charge is 0.119 e. The van der Waals surface area contributed by atoms with Crippen LogP contribution >= 0.6 is 0 Å². The average Bonchev–Trinajstić information content (AvgIpc) is 2.77. The maximum atomic E-state index is 9.82. The van der Waals surface area contributed by atoms with E-state index in [2.05, 4.69) is 58.0 Å². The lowest BCUT2D eigenvalue weighted by Crippen LogP contribution is -2.25.